The van der Waals surface area contributed by atoms with Crippen LogP contribution in [0.2, 0.25) is 0 Å². The Morgan fingerprint density at radius 2 is 1.91 bits per heavy atom. The zero-order valence-electron chi connectivity index (χ0n) is 13.9. The van der Waals surface area contributed by atoms with Gasteiger partial charge in [-0.3, -0.25) is 0 Å². The van der Waals surface area contributed by atoms with E-state index < -0.39 is 5.60 Å². The van der Waals surface area contributed by atoms with E-state index in [0.29, 0.717) is 13.1 Å². The third-order valence-electron chi connectivity index (χ3n) is 3.36. The van der Waals surface area contributed by atoms with E-state index in [9.17, 15) is 5.11 Å². The average molecular weight is 439 g/mol. The van der Waals surface area contributed by atoms with Crippen molar-refractivity contribution in [3.05, 3.63) is 22.4 Å². The zero-order valence-corrected chi connectivity index (χ0v) is 17.0. The van der Waals surface area contributed by atoms with Crippen molar-refractivity contribution in [3.8, 4) is 0 Å². The van der Waals surface area contributed by atoms with Crippen molar-refractivity contribution in [1.82, 2.24) is 10.6 Å². The maximum absolute atomic E-state index is 10.6. The molecule has 0 atom stereocenters. The minimum Gasteiger partial charge on any atom is -0.388 e. The lowest BCUT2D eigenvalue weighted by molar-refractivity contribution is 0.0257. The number of thiophene rings is 1. The molecule has 0 radical (unpaired) electrons. The summed E-state index contributed by atoms with van der Waals surface area (Å²) in [5, 5.41) is 21.3. The molecule has 1 aromatic rings. The van der Waals surface area contributed by atoms with E-state index in [2.05, 4.69) is 46.3 Å². The lowest BCUT2D eigenvalue weighted by Crippen LogP contribution is -2.47. The van der Waals surface area contributed by atoms with Crippen molar-refractivity contribution < 1.29 is 5.11 Å². The van der Waals surface area contributed by atoms with E-state index >= 15 is 0 Å². The molecule has 0 saturated carbocycles. The van der Waals surface area contributed by atoms with Gasteiger partial charge in [0.2, 0.25) is 0 Å². The SMILES string of the molecule is CCCC(O)(CCC)CNC(=NCc1ccsc1)NCC.I. The fourth-order valence-electron chi connectivity index (χ4n) is 2.38. The summed E-state index contributed by atoms with van der Waals surface area (Å²) >= 11 is 1.69. The fraction of sp³-hybridized carbons (Fsp3) is 0.688. The van der Waals surface area contributed by atoms with Crippen LogP contribution in [0.1, 0.15) is 52.0 Å². The van der Waals surface area contributed by atoms with E-state index in [1.807, 2.05) is 6.92 Å². The second-order valence-corrected chi connectivity index (χ2v) is 6.18. The molecule has 0 aliphatic heterocycles. The first-order valence-corrected chi connectivity index (χ1v) is 8.83. The van der Waals surface area contributed by atoms with Crippen LogP contribution in [-0.2, 0) is 6.54 Å². The highest BCUT2D eigenvalue weighted by Gasteiger charge is 2.24. The Morgan fingerprint density at radius 3 is 2.41 bits per heavy atom. The highest BCUT2D eigenvalue weighted by Crippen LogP contribution is 2.18. The molecule has 4 nitrogen and oxygen atoms in total. The Bertz CT molecular complexity index is 404. The van der Waals surface area contributed by atoms with Crippen molar-refractivity contribution in [3.63, 3.8) is 0 Å². The van der Waals surface area contributed by atoms with Gasteiger partial charge in [0.15, 0.2) is 5.96 Å². The number of aliphatic imine (C=N–C) groups is 1. The van der Waals surface area contributed by atoms with Gasteiger partial charge in [-0.25, -0.2) is 4.99 Å². The van der Waals surface area contributed by atoms with Crippen molar-refractivity contribution in [1.29, 1.82) is 0 Å². The van der Waals surface area contributed by atoms with Crippen molar-refractivity contribution >= 4 is 41.3 Å². The molecule has 0 aromatic carbocycles. The third-order valence-corrected chi connectivity index (χ3v) is 4.09. The maximum Gasteiger partial charge on any atom is 0.191 e. The Balaban J connectivity index is 0.00000441. The molecule has 1 rings (SSSR count). The van der Waals surface area contributed by atoms with Gasteiger partial charge >= 0.3 is 0 Å². The summed E-state index contributed by atoms with van der Waals surface area (Å²) < 4.78 is 0. The molecule has 0 unspecified atom stereocenters. The second kappa shape index (κ2) is 12.1. The molecule has 0 fully saturated rings. The number of hydrogen-bond acceptors (Lipinski definition) is 3. The molecule has 0 aliphatic rings. The van der Waals surface area contributed by atoms with E-state index in [1.54, 1.807) is 11.3 Å². The monoisotopic (exact) mass is 439 g/mol. The van der Waals surface area contributed by atoms with Crippen LogP contribution in [0.25, 0.3) is 0 Å². The maximum atomic E-state index is 10.6. The van der Waals surface area contributed by atoms with Crippen LogP contribution in [0.3, 0.4) is 0 Å². The van der Waals surface area contributed by atoms with Crippen LogP contribution < -0.4 is 10.6 Å². The molecule has 128 valence electrons. The number of nitrogens with zero attached hydrogens (tertiary/aromatic N) is 1. The Labute approximate surface area is 155 Å². The molecule has 6 heteroatoms. The summed E-state index contributed by atoms with van der Waals surface area (Å²) in [5.41, 5.74) is 0.580. The number of hydrogen-bond donors (Lipinski definition) is 3. The molecule has 0 spiro atoms. The van der Waals surface area contributed by atoms with Crippen molar-refractivity contribution in [2.45, 2.75) is 58.6 Å². The lowest BCUT2D eigenvalue weighted by atomic mass is 9.93. The van der Waals surface area contributed by atoms with Gasteiger partial charge in [0.1, 0.15) is 0 Å². The molecular weight excluding hydrogens is 409 g/mol. The van der Waals surface area contributed by atoms with E-state index in [-0.39, 0.29) is 24.0 Å². The summed E-state index contributed by atoms with van der Waals surface area (Å²) in [7, 11) is 0. The first kappa shape index (κ1) is 21.7. The summed E-state index contributed by atoms with van der Waals surface area (Å²) in [6.07, 6.45) is 3.61. The van der Waals surface area contributed by atoms with Crippen LogP contribution in [0, 0.1) is 0 Å². The third kappa shape index (κ3) is 8.33. The van der Waals surface area contributed by atoms with E-state index in [0.717, 1.165) is 38.2 Å². The summed E-state index contributed by atoms with van der Waals surface area (Å²) in [6, 6.07) is 2.09. The van der Waals surface area contributed by atoms with Gasteiger partial charge in [0.05, 0.1) is 12.1 Å². The molecule has 0 saturated heterocycles. The lowest BCUT2D eigenvalue weighted by Gasteiger charge is -2.28. The zero-order chi connectivity index (χ0) is 15.6. The summed E-state index contributed by atoms with van der Waals surface area (Å²) in [5.74, 6) is 0.773. The van der Waals surface area contributed by atoms with Gasteiger partial charge in [0.25, 0.3) is 0 Å². The van der Waals surface area contributed by atoms with Crippen LogP contribution in [0.4, 0.5) is 0 Å². The fourth-order valence-corrected chi connectivity index (χ4v) is 3.04. The summed E-state index contributed by atoms with van der Waals surface area (Å²) in [6.45, 7) is 8.29. The number of aliphatic hydroxyl groups is 1. The topological polar surface area (TPSA) is 56.6 Å². The van der Waals surface area contributed by atoms with Gasteiger partial charge in [-0.05, 0) is 42.2 Å². The Kier molecular flexibility index (Phi) is 11.9. The normalized spacial score (nSPS) is 11.9. The number of nitrogens with one attached hydrogen (secondary N) is 2. The van der Waals surface area contributed by atoms with Gasteiger partial charge < -0.3 is 15.7 Å². The first-order chi connectivity index (χ1) is 10.1. The number of halogens is 1. The largest absolute Gasteiger partial charge is 0.388 e. The minimum atomic E-state index is -0.637. The predicted octanol–water partition coefficient (Wildman–Crippen LogP) is 3.75. The number of guanidine groups is 1. The van der Waals surface area contributed by atoms with Gasteiger partial charge in [0, 0.05) is 13.1 Å². The average Bonchev–Trinajstić information content (AvgIpc) is 2.96. The Hall–Kier alpha value is -0.340. The second-order valence-electron chi connectivity index (χ2n) is 5.40. The molecule has 1 aromatic heterocycles. The highest BCUT2D eigenvalue weighted by atomic mass is 127. The first-order valence-electron chi connectivity index (χ1n) is 7.89. The van der Waals surface area contributed by atoms with Crippen LogP contribution in [-0.4, -0.2) is 29.8 Å². The molecule has 0 bridgehead atoms. The molecule has 1 heterocycles. The van der Waals surface area contributed by atoms with E-state index in [1.165, 1.54) is 5.56 Å². The smallest absolute Gasteiger partial charge is 0.191 e. The standard InChI is InChI=1S/C16H29N3OS.HI/c1-4-8-16(20,9-5-2)13-19-15(17-6-3)18-11-14-7-10-21-12-14;/h7,10,12,20H,4-6,8-9,11,13H2,1-3H3,(H2,17,18,19);1H. The van der Waals surface area contributed by atoms with Crippen LogP contribution in [0.5, 0.6) is 0 Å². The number of rotatable bonds is 9. The van der Waals surface area contributed by atoms with Crippen LogP contribution >= 0.6 is 35.3 Å². The van der Waals surface area contributed by atoms with E-state index in [4.69, 9.17) is 0 Å². The highest BCUT2D eigenvalue weighted by molar-refractivity contribution is 14.0. The van der Waals surface area contributed by atoms with Crippen molar-refractivity contribution in [2.24, 2.45) is 4.99 Å². The van der Waals surface area contributed by atoms with Gasteiger partial charge in [-0.1, -0.05) is 26.7 Å². The molecule has 22 heavy (non-hydrogen) atoms. The molecule has 0 aliphatic carbocycles. The van der Waals surface area contributed by atoms with Gasteiger partial charge in [-0.2, -0.15) is 11.3 Å². The van der Waals surface area contributed by atoms with Crippen molar-refractivity contribution in [2.75, 3.05) is 13.1 Å². The van der Waals surface area contributed by atoms with Crippen LogP contribution in [0.15, 0.2) is 21.8 Å². The minimum absolute atomic E-state index is 0. The molecular formula is C16H30IN3OS. The summed E-state index contributed by atoms with van der Waals surface area (Å²) in [4.78, 5) is 4.57. The molecule has 0 amide bonds. The molecule has 3 N–H and O–H groups in total. The predicted molar refractivity (Wildman–Crippen MR) is 107 cm³/mol. The van der Waals surface area contributed by atoms with Gasteiger partial charge in [-0.15, -0.1) is 24.0 Å². The Morgan fingerprint density at radius 1 is 1.23 bits per heavy atom. The quantitative estimate of drug-likeness (QED) is 0.312.